The molecule has 0 radical (unpaired) electrons. The molecule has 8 heteroatoms. The molecule has 0 unspecified atom stereocenters. The Morgan fingerprint density at radius 1 is 1.20 bits per heavy atom. The molecule has 0 atom stereocenters. The summed E-state index contributed by atoms with van der Waals surface area (Å²) in [7, 11) is 0. The smallest absolute Gasteiger partial charge is 0.298 e. The molecule has 1 aliphatic heterocycles. The first kappa shape index (κ1) is 19.7. The largest absolute Gasteiger partial charge is 0.352 e. The zero-order valence-corrected chi connectivity index (χ0v) is 17.4. The standard InChI is InChI=1S/C21H20ClN5OS.CH4/c22-15-5-3-14(4-6-15)10-26-20-18(19-23-12-24-27(19)21(26)28)16-7-8-25(9-13-1-2-13)11-17(16)29-20;/h3-6,12-13H,1-2,7-11H2;1H4. The van der Waals surface area contributed by atoms with Gasteiger partial charge in [-0.25, -0.2) is 9.78 Å². The van der Waals surface area contributed by atoms with Crippen molar-refractivity contribution in [3.63, 3.8) is 0 Å². The van der Waals surface area contributed by atoms with Gasteiger partial charge in [-0.3, -0.25) is 9.47 Å². The van der Waals surface area contributed by atoms with E-state index in [1.54, 1.807) is 11.3 Å². The van der Waals surface area contributed by atoms with Crippen LogP contribution in [0.2, 0.25) is 5.02 Å². The molecule has 0 bridgehead atoms. The van der Waals surface area contributed by atoms with Crippen LogP contribution in [0.15, 0.2) is 35.4 Å². The van der Waals surface area contributed by atoms with E-state index in [1.807, 2.05) is 28.8 Å². The van der Waals surface area contributed by atoms with Gasteiger partial charge in [0.25, 0.3) is 0 Å². The predicted octanol–water partition coefficient (Wildman–Crippen LogP) is 4.21. The second-order valence-electron chi connectivity index (χ2n) is 8.10. The third-order valence-electron chi connectivity index (χ3n) is 6.01. The number of benzene rings is 1. The van der Waals surface area contributed by atoms with Crippen molar-refractivity contribution in [1.29, 1.82) is 0 Å². The summed E-state index contributed by atoms with van der Waals surface area (Å²) in [6.45, 7) is 3.74. The number of thiophene rings is 1. The Kier molecular flexibility index (Phi) is 4.92. The summed E-state index contributed by atoms with van der Waals surface area (Å²) in [5.41, 5.74) is 2.93. The normalized spacial score (nSPS) is 16.7. The van der Waals surface area contributed by atoms with Crippen molar-refractivity contribution in [2.45, 2.75) is 39.8 Å². The summed E-state index contributed by atoms with van der Waals surface area (Å²) in [6.07, 6.45) is 5.23. The summed E-state index contributed by atoms with van der Waals surface area (Å²) in [6, 6.07) is 7.67. The van der Waals surface area contributed by atoms with Crippen molar-refractivity contribution in [3.8, 4) is 0 Å². The quantitative estimate of drug-likeness (QED) is 0.476. The van der Waals surface area contributed by atoms with E-state index in [9.17, 15) is 4.79 Å². The average Bonchev–Trinajstić information content (AvgIpc) is 3.25. The minimum atomic E-state index is -0.145. The Labute approximate surface area is 183 Å². The van der Waals surface area contributed by atoms with Gasteiger partial charge in [0.2, 0.25) is 0 Å². The number of hydrogen-bond acceptors (Lipinski definition) is 5. The van der Waals surface area contributed by atoms with Crippen LogP contribution in [-0.2, 0) is 19.5 Å². The molecule has 0 spiro atoms. The van der Waals surface area contributed by atoms with Gasteiger partial charge >= 0.3 is 5.69 Å². The van der Waals surface area contributed by atoms with Gasteiger partial charge < -0.3 is 0 Å². The van der Waals surface area contributed by atoms with Crippen LogP contribution >= 0.6 is 22.9 Å². The molecule has 1 aromatic carbocycles. The highest BCUT2D eigenvalue weighted by Crippen LogP contribution is 2.38. The van der Waals surface area contributed by atoms with E-state index in [0.717, 1.165) is 41.2 Å². The van der Waals surface area contributed by atoms with Crippen LogP contribution in [0.4, 0.5) is 0 Å². The fourth-order valence-corrected chi connectivity index (χ4v) is 5.85. The molecule has 0 saturated heterocycles. The van der Waals surface area contributed by atoms with Crippen LogP contribution < -0.4 is 5.69 Å². The van der Waals surface area contributed by atoms with E-state index in [0.29, 0.717) is 17.2 Å². The Hall–Kier alpha value is -2.22. The molecule has 156 valence electrons. The molecule has 0 N–H and O–H groups in total. The van der Waals surface area contributed by atoms with Gasteiger partial charge in [-0.15, -0.1) is 11.3 Å². The molecular weight excluding hydrogens is 418 g/mol. The van der Waals surface area contributed by atoms with Crippen LogP contribution in [0.25, 0.3) is 15.9 Å². The maximum atomic E-state index is 13.2. The minimum absolute atomic E-state index is 0. The van der Waals surface area contributed by atoms with Crippen LogP contribution in [0.5, 0.6) is 0 Å². The van der Waals surface area contributed by atoms with Gasteiger partial charge in [-0.2, -0.15) is 9.61 Å². The van der Waals surface area contributed by atoms with Gasteiger partial charge in [-0.1, -0.05) is 31.2 Å². The van der Waals surface area contributed by atoms with E-state index >= 15 is 0 Å². The topological polar surface area (TPSA) is 55.4 Å². The Morgan fingerprint density at radius 3 is 2.77 bits per heavy atom. The van der Waals surface area contributed by atoms with Crippen molar-refractivity contribution in [1.82, 2.24) is 24.1 Å². The van der Waals surface area contributed by atoms with Gasteiger partial charge in [0.05, 0.1) is 11.9 Å². The maximum Gasteiger partial charge on any atom is 0.352 e. The third-order valence-corrected chi connectivity index (χ3v) is 7.50. The molecule has 1 aliphatic carbocycles. The van der Waals surface area contributed by atoms with Gasteiger partial charge in [0.1, 0.15) is 11.2 Å². The maximum absolute atomic E-state index is 13.2. The van der Waals surface area contributed by atoms with Crippen LogP contribution in [0.1, 0.15) is 36.3 Å². The lowest BCUT2D eigenvalue weighted by Crippen LogP contribution is -2.31. The first-order chi connectivity index (χ1) is 14.2. The molecule has 1 fully saturated rings. The minimum Gasteiger partial charge on any atom is -0.298 e. The fourth-order valence-electron chi connectivity index (χ4n) is 4.35. The number of nitrogens with zero attached hydrogens (tertiary/aromatic N) is 5. The summed E-state index contributed by atoms with van der Waals surface area (Å²) in [5.74, 6) is 0.886. The van der Waals surface area contributed by atoms with Gasteiger partial charge in [0.15, 0.2) is 5.65 Å². The van der Waals surface area contributed by atoms with Crippen molar-refractivity contribution in [3.05, 3.63) is 62.1 Å². The van der Waals surface area contributed by atoms with Gasteiger partial charge in [-0.05, 0) is 48.4 Å². The summed E-state index contributed by atoms with van der Waals surface area (Å²) in [4.78, 5) is 22.6. The zero-order chi connectivity index (χ0) is 19.5. The summed E-state index contributed by atoms with van der Waals surface area (Å²) >= 11 is 7.78. The third kappa shape index (κ3) is 3.25. The number of rotatable bonds is 4. The molecule has 30 heavy (non-hydrogen) atoms. The first-order valence-corrected chi connectivity index (χ1v) is 11.2. The van der Waals surface area contributed by atoms with E-state index in [1.165, 1.54) is 40.7 Å². The Morgan fingerprint density at radius 2 is 2.00 bits per heavy atom. The van der Waals surface area contributed by atoms with E-state index in [2.05, 4.69) is 15.0 Å². The average molecular weight is 442 g/mol. The molecule has 4 aromatic rings. The molecule has 2 aliphatic rings. The number of aromatic nitrogens is 4. The zero-order valence-electron chi connectivity index (χ0n) is 15.8. The lowest BCUT2D eigenvalue weighted by molar-refractivity contribution is 0.247. The highest BCUT2D eigenvalue weighted by Gasteiger charge is 2.29. The van der Waals surface area contributed by atoms with Crippen LogP contribution in [0.3, 0.4) is 0 Å². The first-order valence-electron chi connectivity index (χ1n) is 10.0. The van der Waals surface area contributed by atoms with Gasteiger partial charge in [0, 0.05) is 29.5 Å². The van der Waals surface area contributed by atoms with E-state index in [-0.39, 0.29) is 13.1 Å². The van der Waals surface area contributed by atoms with E-state index < -0.39 is 0 Å². The SMILES string of the molecule is C.O=c1n(Cc2ccc(Cl)cc2)c2sc3c(c2c2ncnn12)CCN(CC1CC1)C3. The second-order valence-corrected chi connectivity index (χ2v) is 9.62. The van der Waals surface area contributed by atoms with Crippen molar-refractivity contribution in [2.75, 3.05) is 13.1 Å². The highest BCUT2D eigenvalue weighted by atomic mass is 35.5. The molecule has 4 heterocycles. The molecule has 3 aromatic heterocycles. The van der Waals surface area contributed by atoms with Crippen LogP contribution in [-0.4, -0.2) is 37.2 Å². The highest BCUT2D eigenvalue weighted by molar-refractivity contribution is 7.19. The Bertz CT molecular complexity index is 1290. The summed E-state index contributed by atoms with van der Waals surface area (Å²) in [5, 5.41) is 6.02. The van der Waals surface area contributed by atoms with Crippen molar-refractivity contribution in [2.24, 2.45) is 5.92 Å². The molecular formula is C22H24ClN5OS. The lowest BCUT2D eigenvalue weighted by atomic mass is 10.0. The van der Waals surface area contributed by atoms with Crippen molar-refractivity contribution < 1.29 is 0 Å². The molecule has 6 nitrogen and oxygen atoms in total. The lowest BCUT2D eigenvalue weighted by Gasteiger charge is -2.26. The predicted molar refractivity (Wildman–Crippen MR) is 122 cm³/mol. The van der Waals surface area contributed by atoms with Crippen LogP contribution in [0, 0.1) is 5.92 Å². The fraction of sp³-hybridized carbons (Fsp3) is 0.409. The number of halogens is 1. The molecule has 0 amide bonds. The second kappa shape index (κ2) is 7.48. The van der Waals surface area contributed by atoms with Crippen molar-refractivity contribution >= 4 is 38.8 Å². The Balaban J connectivity index is 0.00000193. The summed E-state index contributed by atoms with van der Waals surface area (Å²) < 4.78 is 3.29. The van der Waals surface area contributed by atoms with E-state index in [4.69, 9.17) is 11.6 Å². The molecule has 6 rings (SSSR count). The monoisotopic (exact) mass is 441 g/mol. The number of hydrogen-bond donors (Lipinski definition) is 0. The number of fused-ring (bicyclic) bond motifs is 5. The molecule has 1 saturated carbocycles.